The fraction of sp³-hybridized carbons (Fsp3) is 0.667. The predicted octanol–water partition coefficient (Wildman–Crippen LogP) is 3.80. The van der Waals surface area contributed by atoms with Crippen LogP contribution in [0.5, 0.6) is 0 Å². The Morgan fingerprint density at radius 1 is 0.903 bits per heavy atom. The quantitative estimate of drug-likeness (QED) is 0.636. The maximum Gasteiger partial charge on any atom is 0.261 e. The molecular formula is C24H35NO6. The molecule has 7 nitrogen and oxygen atoms in total. The summed E-state index contributed by atoms with van der Waals surface area (Å²) < 4.78 is 24.6. The lowest BCUT2D eigenvalue weighted by atomic mass is 10.1. The first-order valence-electron chi connectivity index (χ1n) is 10.8. The summed E-state index contributed by atoms with van der Waals surface area (Å²) >= 11 is 0. The van der Waals surface area contributed by atoms with E-state index in [9.17, 15) is 9.59 Å². The molecule has 1 saturated heterocycles. The molecule has 2 amide bonds. The number of hydrogen-bond donors (Lipinski definition) is 0. The number of amides is 2. The second kappa shape index (κ2) is 8.28. The van der Waals surface area contributed by atoms with E-state index in [1.807, 2.05) is 41.5 Å². The van der Waals surface area contributed by atoms with Gasteiger partial charge >= 0.3 is 0 Å². The lowest BCUT2D eigenvalue weighted by Crippen LogP contribution is -2.53. The molecule has 172 valence electrons. The van der Waals surface area contributed by atoms with Crippen LogP contribution in [-0.4, -0.2) is 65.2 Å². The van der Waals surface area contributed by atoms with Crippen LogP contribution < -0.4 is 0 Å². The van der Waals surface area contributed by atoms with Crippen molar-refractivity contribution in [3.63, 3.8) is 0 Å². The van der Waals surface area contributed by atoms with Gasteiger partial charge in [-0.3, -0.25) is 14.5 Å². The third-order valence-corrected chi connectivity index (χ3v) is 5.52. The second-order valence-corrected chi connectivity index (χ2v) is 10.4. The Labute approximate surface area is 185 Å². The fourth-order valence-electron chi connectivity index (χ4n) is 3.72. The van der Waals surface area contributed by atoms with Gasteiger partial charge in [0.15, 0.2) is 5.79 Å². The highest BCUT2D eigenvalue weighted by molar-refractivity contribution is 6.21. The molecule has 31 heavy (non-hydrogen) atoms. The number of nitrogens with zero attached hydrogens (tertiary/aromatic N) is 1. The van der Waals surface area contributed by atoms with E-state index in [4.69, 9.17) is 18.9 Å². The number of carbonyl (C=O) groups is 2. The highest BCUT2D eigenvalue weighted by atomic mass is 16.8. The largest absolute Gasteiger partial charge is 0.373 e. The van der Waals surface area contributed by atoms with Gasteiger partial charge in [0.25, 0.3) is 11.8 Å². The molecule has 2 aliphatic rings. The van der Waals surface area contributed by atoms with Crippen LogP contribution in [0.25, 0.3) is 0 Å². The van der Waals surface area contributed by atoms with Gasteiger partial charge in [-0.2, -0.15) is 0 Å². The maximum atomic E-state index is 13.0. The van der Waals surface area contributed by atoms with Gasteiger partial charge in [0.2, 0.25) is 0 Å². The molecule has 0 unspecified atom stereocenters. The number of imide groups is 1. The first kappa shape index (κ1) is 23.9. The van der Waals surface area contributed by atoms with Crippen molar-refractivity contribution in [2.24, 2.45) is 0 Å². The number of carbonyl (C=O) groups excluding carboxylic acids is 2. The number of ether oxygens (including phenoxy) is 4. The van der Waals surface area contributed by atoms with Gasteiger partial charge in [0, 0.05) is 0 Å². The SMILES string of the molecule is C[C@H](N1C(=O)c2ccccc2C1=O)C1(C)O[C@@H](COC(C)(C)C)[C@H](COC(C)(C)C)O1. The Morgan fingerprint density at radius 3 is 1.65 bits per heavy atom. The van der Waals surface area contributed by atoms with Gasteiger partial charge in [-0.15, -0.1) is 0 Å². The Hall–Kier alpha value is -1.80. The van der Waals surface area contributed by atoms with Crippen molar-refractivity contribution < 1.29 is 28.5 Å². The Balaban J connectivity index is 1.81. The highest BCUT2D eigenvalue weighted by Crippen LogP contribution is 2.38. The van der Waals surface area contributed by atoms with Crippen LogP contribution in [0.1, 0.15) is 76.1 Å². The van der Waals surface area contributed by atoms with Gasteiger partial charge in [-0.25, -0.2) is 0 Å². The van der Waals surface area contributed by atoms with E-state index in [0.717, 1.165) is 0 Å². The van der Waals surface area contributed by atoms with Gasteiger partial charge in [-0.05, 0) is 67.5 Å². The summed E-state index contributed by atoms with van der Waals surface area (Å²) in [6.07, 6.45) is -0.798. The maximum absolute atomic E-state index is 13.0. The van der Waals surface area contributed by atoms with E-state index < -0.39 is 24.0 Å². The van der Waals surface area contributed by atoms with Gasteiger partial charge < -0.3 is 18.9 Å². The van der Waals surface area contributed by atoms with Gasteiger partial charge in [-0.1, -0.05) is 12.1 Å². The average molecular weight is 434 g/mol. The summed E-state index contributed by atoms with van der Waals surface area (Å²) in [4.78, 5) is 27.2. The summed E-state index contributed by atoms with van der Waals surface area (Å²) in [7, 11) is 0. The zero-order valence-corrected chi connectivity index (χ0v) is 19.9. The van der Waals surface area contributed by atoms with Crippen LogP contribution in [0.2, 0.25) is 0 Å². The molecular weight excluding hydrogens is 398 g/mol. The molecule has 0 radical (unpaired) electrons. The van der Waals surface area contributed by atoms with Crippen molar-refractivity contribution >= 4 is 11.8 Å². The molecule has 0 N–H and O–H groups in total. The van der Waals surface area contributed by atoms with E-state index >= 15 is 0 Å². The summed E-state index contributed by atoms with van der Waals surface area (Å²) in [5.74, 6) is -1.86. The Bertz CT molecular complexity index is 776. The molecule has 2 aliphatic heterocycles. The first-order chi connectivity index (χ1) is 14.2. The molecule has 0 bridgehead atoms. The van der Waals surface area contributed by atoms with Crippen LogP contribution in [0.3, 0.4) is 0 Å². The lowest BCUT2D eigenvalue weighted by molar-refractivity contribution is -0.199. The molecule has 0 aliphatic carbocycles. The normalized spacial score (nSPS) is 24.6. The summed E-state index contributed by atoms with van der Waals surface area (Å²) in [6.45, 7) is 16.0. The lowest BCUT2D eigenvalue weighted by Gasteiger charge is -2.35. The first-order valence-corrected chi connectivity index (χ1v) is 10.8. The van der Waals surface area contributed by atoms with E-state index in [-0.39, 0.29) is 23.0 Å². The molecule has 1 aromatic rings. The second-order valence-electron chi connectivity index (χ2n) is 10.4. The molecule has 0 spiro atoms. The average Bonchev–Trinajstić information content (AvgIpc) is 3.12. The third-order valence-electron chi connectivity index (χ3n) is 5.52. The van der Waals surface area contributed by atoms with E-state index in [2.05, 4.69) is 0 Å². The zero-order valence-electron chi connectivity index (χ0n) is 19.9. The fourth-order valence-corrected chi connectivity index (χ4v) is 3.72. The van der Waals surface area contributed by atoms with Crippen LogP contribution in [-0.2, 0) is 18.9 Å². The van der Waals surface area contributed by atoms with Crippen molar-refractivity contribution in [1.29, 1.82) is 0 Å². The minimum Gasteiger partial charge on any atom is -0.373 e. The number of hydrogen-bond acceptors (Lipinski definition) is 6. The summed E-state index contributed by atoms with van der Waals surface area (Å²) in [6, 6.07) is 6.20. The van der Waals surface area contributed by atoms with Crippen LogP contribution in [0.15, 0.2) is 24.3 Å². The predicted molar refractivity (Wildman–Crippen MR) is 116 cm³/mol. The molecule has 1 fully saturated rings. The molecule has 3 rings (SSSR count). The third kappa shape index (κ3) is 5.17. The zero-order chi connectivity index (χ0) is 23.2. The summed E-state index contributed by atoms with van der Waals surface area (Å²) in [5, 5.41) is 0. The molecule has 1 aromatic carbocycles. The number of benzene rings is 1. The van der Waals surface area contributed by atoms with Gasteiger partial charge in [0.05, 0.1) is 41.6 Å². The van der Waals surface area contributed by atoms with E-state index in [1.165, 1.54) is 4.90 Å². The Kier molecular flexibility index (Phi) is 6.37. The highest BCUT2D eigenvalue weighted by Gasteiger charge is 2.53. The summed E-state index contributed by atoms with van der Waals surface area (Å²) in [5.41, 5.74) is 0.125. The van der Waals surface area contributed by atoms with E-state index in [0.29, 0.717) is 24.3 Å². The standard InChI is InChI=1S/C24H35NO6/c1-15(25-20(26)16-11-9-10-12-17(16)21(25)27)24(8)30-18(13-28-22(2,3)4)19(31-24)14-29-23(5,6)7/h9-12,15,18-19H,13-14H2,1-8H3/t15-,18-,19-/m0/s1. The number of fused-ring (bicyclic) bond motifs is 1. The topological polar surface area (TPSA) is 74.3 Å². The van der Waals surface area contributed by atoms with E-state index in [1.54, 1.807) is 38.1 Å². The molecule has 0 aromatic heterocycles. The van der Waals surface area contributed by atoms with Crippen molar-refractivity contribution in [3.05, 3.63) is 35.4 Å². The molecule has 2 heterocycles. The van der Waals surface area contributed by atoms with Crippen molar-refractivity contribution in [1.82, 2.24) is 4.90 Å². The minimum atomic E-state index is -1.19. The Morgan fingerprint density at radius 2 is 1.29 bits per heavy atom. The molecule has 0 saturated carbocycles. The van der Waals surface area contributed by atoms with Crippen LogP contribution in [0, 0.1) is 0 Å². The van der Waals surface area contributed by atoms with Crippen molar-refractivity contribution in [2.75, 3.05) is 13.2 Å². The van der Waals surface area contributed by atoms with Gasteiger partial charge in [0.1, 0.15) is 12.2 Å². The smallest absolute Gasteiger partial charge is 0.261 e. The monoisotopic (exact) mass is 433 g/mol. The molecule has 7 heteroatoms. The molecule has 3 atom stereocenters. The number of rotatable bonds is 6. The minimum absolute atomic E-state index is 0.312. The van der Waals surface area contributed by atoms with Crippen molar-refractivity contribution in [2.45, 2.75) is 90.6 Å². The van der Waals surface area contributed by atoms with Crippen molar-refractivity contribution in [3.8, 4) is 0 Å². The van der Waals surface area contributed by atoms with Crippen LogP contribution in [0.4, 0.5) is 0 Å². The van der Waals surface area contributed by atoms with Crippen LogP contribution >= 0.6 is 0 Å².